The minimum atomic E-state index is 1.04. The molecule has 82 valence electrons. The molecule has 0 atom stereocenters. The first kappa shape index (κ1) is 13.2. The van der Waals surface area contributed by atoms with Gasteiger partial charge in [-0.3, -0.25) is 0 Å². The molecule has 0 aliphatic heterocycles. The Labute approximate surface area is 88.4 Å². The van der Waals surface area contributed by atoms with E-state index in [2.05, 4.69) is 37.2 Å². The monoisotopic (exact) mass is 196 g/mol. The molecule has 1 rings (SSSR count). The summed E-state index contributed by atoms with van der Waals surface area (Å²) in [5.74, 6) is 1.25. The average molecular weight is 196 g/mol. The van der Waals surface area contributed by atoms with E-state index < -0.39 is 0 Å². The molecule has 0 unspecified atom stereocenters. The lowest BCUT2D eigenvalue weighted by molar-refractivity contribution is 0.668. The van der Waals surface area contributed by atoms with Crippen molar-refractivity contribution in [3.63, 3.8) is 0 Å². The van der Waals surface area contributed by atoms with Crippen molar-refractivity contribution in [3.8, 4) is 0 Å². The fraction of sp³-hybridized carbons (Fsp3) is 0.750. The highest BCUT2D eigenvalue weighted by atomic mass is 15.1. The third-order valence-electron chi connectivity index (χ3n) is 2.33. The molecule has 0 amide bonds. The van der Waals surface area contributed by atoms with Crippen molar-refractivity contribution in [3.05, 3.63) is 17.2 Å². The van der Waals surface area contributed by atoms with Crippen LogP contribution < -0.4 is 0 Å². The van der Waals surface area contributed by atoms with Crippen molar-refractivity contribution >= 4 is 0 Å². The predicted octanol–water partition coefficient (Wildman–Crippen LogP) is 3.50. The van der Waals surface area contributed by atoms with Gasteiger partial charge in [-0.25, -0.2) is 4.98 Å². The van der Waals surface area contributed by atoms with Crippen LogP contribution in [-0.2, 0) is 13.0 Å². The molecule has 0 saturated heterocycles. The van der Waals surface area contributed by atoms with Gasteiger partial charge in [-0.1, -0.05) is 20.8 Å². The lowest BCUT2D eigenvalue weighted by Gasteiger charge is -2.04. The topological polar surface area (TPSA) is 17.8 Å². The zero-order valence-electron chi connectivity index (χ0n) is 10.5. The van der Waals surface area contributed by atoms with Gasteiger partial charge >= 0.3 is 0 Å². The third kappa shape index (κ3) is 2.86. The Hall–Kier alpha value is -0.790. The maximum atomic E-state index is 4.53. The second-order valence-corrected chi connectivity index (χ2v) is 3.19. The number of hydrogen-bond acceptors (Lipinski definition) is 1. The van der Waals surface area contributed by atoms with Gasteiger partial charge in [0.2, 0.25) is 0 Å². The molecular weight excluding hydrogens is 172 g/mol. The molecule has 0 bridgehead atoms. The number of imidazole rings is 1. The summed E-state index contributed by atoms with van der Waals surface area (Å²) in [5.41, 5.74) is 2.50. The SMILES string of the molecule is CC.CCCc1nc(C)c(C)n1CC. The first-order chi connectivity index (χ1) is 6.70. The van der Waals surface area contributed by atoms with Crippen LogP contribution in [0.3, 0.4) is 0 Å². The van der Waals surface area contributed by atoms with Crippen LogP contribution in [-0.4, -0.2) is 9.55 Å². The molecule has 0 saturated carbocycles. The molecule has 14 heavy (non-hydrogen) atoms. The van der Waals surface area contributed by atoms with E-state index in [1.807, 2.05) is 13.8 Å². The minimum absolute atomic E-state index is 1.04. The fourth-order valence-electron chi connectivity index (χ4n) is 1.56. The van der Waals surface area contributed by atoms with Gasteiger partial charge in [0.1, 0.15) is 5.82 Å². The summed E-state index contributed by atoms with van der Waals surface area (Å²) in [6, 6.07) is 0. The smallest absolute Gasteiger partial charge is 0.109 e. The number of rotatable bonds is 3. The normalized spacial score (nSPS) is 9.57. The van der Waals surface area contributed by atoms with Gasteiger partial charge in [0.25, 0.3) is 0 Å². The van der Waals surface area contributed by atoms with E-state index in [0.29, 0.717) is 0 Å². The van der Waals surface area contributed by atoms with Crippen LogP contribution >= 0.6 is 0 Å². The van der Waals surface area contributed by atoms with Crippen LogP contribution in [0.5, 0.6) is 0 Å². The van der Waals surface area contributed by atoms with Crippen LogP contribution in [0.25, 0.3) is 0 Å². The summed E-state index contributed by atoms with van der Waals surface area (Å²) in [5, 5.41) is 0. The van der Waals surface area contributed by atoms with Gasteiger partial charge in [-0.2, -0.15) is 0 Å². The Bertz CT molecular complexity index is 262. The molecule has 0 fully saturated rings. The van der Waals surface area contributed by atoms with Gasteiger partial charge in [0.15, 0.2) is 0 Å². The zero-order valence-corrected chi connectivity index (χ0v) is 10.5. The third-order valence-corrected chi connectivity index (χ3v) is 2.33. The highest BCUT2D eigenvalue weighted by molar-refractivity contribution is 5.14. The molecule has 1 heterocycles. The summed E-state index contributed by atoms with van der Waals surface area (Å²) >= 11 is 0. The van der Waals surface area contributed by atoms with Gasteiger partial charge in [-0.15, -0.1) is 0 Å². The van der Waals surface area contributed by atoms with Crippen LogP contribution in [0.2, 0.25) is 0 Å². The van der Waals surface area contributed by atoms with E-state index in [4.69, 9.17) is 0 Å². The van der Waals surface area contributed by atoms with Crippen LogP contribution in [0.15, 0.2) is 0 Å². The second kappa shape index (κ2) is 6.63. The van der Waals surface area contributed by atoms with Crippen molar-refractivity contribution in [1.82, 2.24) is 9.55 Å². The molecule has 1 aromatic rings. The number of aryl methyl sites for hydroxylation is 2. The highest BCUT2D eigenvalue weighted by Gasteiger charge is 2.07. The maximum absolute atomic E-state index is 4.53. The molecule has 2 heteroatoms. The van der Waals surface area contributed by atoms with Gasteiger partial charge in [0.05, 0.1) is 5.69 Å². The van der Waals surface area contributed by atoms with E-state index in [-0.39, 0.29) is 0 Å². The van der Waals surface area contributed by atoms with E-state index in [9.17, 15) is 0 Å². The van der Waals surface area contributed by atoms with Gasteiger partial charge < -0.3 is 4.57 Å². The molecule has 2 nitrogen and oxygen atoms in total. The van der Waals surface area contributed by atoms with Crippen molar-refractivity contribution in [2.24, 2.45) is 0 Å². The van der Waals surface area contributed by atoms with Crippen LogP contribution in [0.4, 0.5) is 0 Å². The minimum Gasteiger partial charge on any atom is -0.332 e. The number of aromatic nitrogens is 2. The quantitative estimate of drug-likeness (QED) is 0.723. The Morgan fingerprint density at radius 1 is 1.14 bits per heavy atom. The Kier molecular flexibility index (Phi) is 6.26. The standard InChI is InChI=1S/C10H18N2.C2H6/c1-5-7-10-11-8(3)9(4)12(10)6-2;1-2/h5-7H2,1-4H3;1-2H3. The summed E-state index contributed by atoms with van der Waals surface area (Å²) in [7, 11) is 0. The van der Waals surface area contributed by atoms with E-state index in [0.717, 1.165) is 13.0 Å². The van der Waals surface area contributed by atoms with E-state index in [1.165, 1.54) is 23.6 Å². The van der Waals surface area contributed by atoms with Crippen molar-refractivity contribution in [2.45, 2.75) is 60.9 Å². The summed E-state index contributed by atoms with van der Waals surface area (Å²) in [6.45, 7) is 13.6. The average Bonchev–Trinajstić information content (AvgIpc) is 2.46. The zero-order chi connectivity index (χ0) is 11.1. The summed E-state index contributed by atoms with van der Waals surface area (Å²) in [4.78, 5) is 4.53. The number of nitrogens with zero attached hydrogens (tertiary/aromatic N) is 2. The van der Waals surface area contributed by atoms with Gasteiger partial charge in [-0.05, 0) is 27.2 Å². The molecule has 0 aromatic carbocycles. The lowest BCUT2D eigenvalue weighted by Crippen LogP contribution is -2.02. The predicted molar refractivity (Wildman–Crippen MR) is 62.7 cm³/mol. The summed E-state index contributed by atoms with van der Waals surface area (Å²) < 4.78 is 2.30. The molecule has 0 aliphatic rings. The van der Waals surface area contributed by atoms with E-state index >= 15 is 0 Å². The van der Waals surface area contributed by atoms with Crippen molar-refractivity contribution in [1.29, 1.82) is 0 Å². The Morgan fingerprint density at radius 2 is 1.71 bits per heavy atom. The van der Waals surface area contributed by atoms with Gasteiger partial charge in [0, 0.05) is 18.7 Å². The van der Waals surface area contributed by atoms with E-state index in [1.54, 1.807) is 0 Å². The molecule has 0 radical (unpaired) electrons. The number of hydrogen-bond donors (Lipinski definition) is 0. The van der Waals surface area contributed by atoms with Crippen LogP contribution in [0.1, 0.15) is 51.3 Å². The largest absolute Gasteiger partial charge is 0.332 e. The summed E-state index contributed by atoms with van der Waals surface area (Å²) in [6.07, 6.45) is 2.28. The van der Waals surface area contributed by atoms with Crippen molar-refractivity contribution in [2.75, 3.05) is 0 Å². The van der Waals surface area contributed by atoms with Crippen molar-refractivity contribution < 1.29 is 0 Å². The fourth-order valence-corrected chi connectivity index (χ4v) is 1.56. The van der Waals surface area contributed by atoms with Crippen LogP contribution in [0, 0.1) is 13.8 Å². The molecule has 1 aromatic heterocycles. The maximum Gasteiger partial charge on any atom is 0.109 e. The second-order valence-electron chi connectivity index (χ2n) is 3.19. The Balaban J connectivity index is 0.000000791. The molecule has 0 aliphatic carbocycles. The molecule has 0 spiro atoms. The first-order valence-electron chi connectivity index (χ1n) is 5.73. The molecule has 0 N–H and O–H groups in total. The lowest BCUT2D eigenvalue weighted by atomic mass is 10.3. The molecular formula is C12H24N2. The first-order valence-corrected chi connectivity index (χ1v) is 5.73. The Morgan fingerprint density at radius 3 is 2.14 bits per heavy atom. The highest BCUT2D eigenvalue weighted by Crippen LogP contribution is 2.11.